The van der Waals surface area contributed by atoms with Crippen LogP contribution in [0.3, 0.4) is 0 Å². The van der Waals surface area contributed by atoms with Crippen LogP contribution in [-0.2, 0) is 6.18 Å². The van der Waals surface area contributed by atoms with E-state index in [0.29, 0.717) is 10.7 Å². The summed E-state index contributed by atoms with van der Waals surface area (Å²) < 4.78 is 39.7. The summed E-state index contributed by atoms with van der Waals surface area (Å²) in [7, 11) is 0. The predicted molar refractivity (Wildman–Crippen MR) is 61.2 cm³/mol. The van der Waals surface area contributed by atoms with Crippen LogP contribution < -0.4 is 0 Å². The number of halogens is 3. The van der Waals surface area contributed by atoms with Crippen LogP contribution in [-0.4, -0.2) is 15.1 Å². The average molecular weight is 260 g/mol. The lowest BCUT2D eigenvalue weighted by Gasteiger charge is -2.10. The van der Waals surface area contributed by atoms with Gasteiger partial charge in [0.15, 0.2) is 0 Å². The van der Waals surface area contributed by atoms with Gasteiger partial charge in [-0.25, -0.2) is 4.98 Å². The van der Waals surface area contributed by atoms with Gasteiger partial charge in [0.1, 0.15) is 5.65 Å². The standard InChI is InChI=1S/C11H11F3N2S/c1-2-5-17-10-7-8(11(12,13)14)6-9-15-3-4-16(9)10/h3-4,6-7H,2,5H2,1H3. The Hall–Kier alpha value is -1.17. The fourth-order valence-corrected chi connectivity index (χ4v) is 2.39. The topological polar surface area (TPSA) is 17.3 Å². The molecule has 0 aliphatic carbocycles. The number of aromatic nitrogens is 2. The van der Waals surface area contributed by atoms with Gasteiger partial charge >= 0.3 is 6.18 Å². The van der Waals surface area contributed by atoms with Crippen molar-refractivity contribution in [2.75, 3.05) is 5.75 Å². The van der Waals surface area contributed by atoms with Gasteiger partial charge in [0, 0.05) is 12.4 Å². The highest BCUT2D eigenvalue weighted by atomic mass is 32.2. The van der Waals surface area contributed by atoms with Crippen molar-refractivity contribution in [1.29, 1.82) is 0 Å². The number of alkyl halides is 3. The van der Waals surface area contributed by atoms with Crippen LogP contribution in [0.25, 0.3) is 5.65 Å². The third-order valence-corrected chi connectivity index (χ3v) is 3.47. The van der Waals surface area contributed by atoms with Crippen LogP contribution in [0.4, 0.5) is 13.2 Å². The van der Waals surface area contributed by atoms with E-state index in [1.165, 1.54) is 24.0 Å². The summed E-state index contributed by atoms with van der Waals surface area (Å²) in [5, 5.41) is 0.578. The molecule has 0 aromatic carbocycles. The van der Waals surface area contributed by atoms with Crippen LogP contribution in [0.2, 0.25) is 0 Å². The van der Waals surface area contributed by atoms with Gasteiger partial charge in [0.25, 0.3) is 0 Å². The molecule has 2 rings (SSSR count). The third kappa shape index (κ3) is 2.57. The Balaban J connectivity index is 2.51. The zero-order valence-corrected chi connectivity index (χ0v) is 9.98. The minimum Gasteiger partial charge on any atom is -0.294 e. The second-order valence-electron chi connectivity index (χ2n) is 3.58. The minimum atomic E-state index is -4.32. The molecule has 0 atom stereocenters. The molecule has 0 saturated carbocycles. The van der Waals surface area contributed by atoms with Crippen LogP contribution in [0.1, 0.15) is 18.9 Å². The number of thioether (sulfide) groups is 1. The van der Waals surface area contributed by atoms with Gasteiger partial charge in [-0.2, -0.15) is 13.2 Å². The third-order valence-electron chi connectivity index (χ3n) is 2.25. The highest BCUT2D eigenvalue weighted by Gasteiger charge is 2.31. The van der Waals surface area contributed by atoms with Crippen LogP contribution in [0, 0.1) is 0 Å². The summed E-state index contributed by atoms with van der Waals surface area (Å²) in [6, 6.07) is 2.24. The first-order valence-corrected chi connectivity index (χ1v) is 6.18. The van der Waals surface area contributed by atoms with E-state index in [1.54, 1.807) is 10.6 Å². The van der Waals surface area contributed by atoms with Crippen LogP contribution >= 0.6 is 11.8 Å². The Bertz CT molecular complexity index is 519. The first-order valence-electron chi connectivity index (χ1n) is 5.19. The highest BCUT2D eigenvalue weighted by molar-refractivity contribution is 7.99. The molecule has 0 saturated heterocycles. The van der Waals surface area contributed by atoms with Gasteiger partial charge in [-0.3, -0.25) is 4.40 Å². The van der Waals surface area contributed by atoms with E-state index in [0.717, 1.165) is 18.2 Å². The molecule has 6 heteroatoms. The molecule has 0 unspecified atom stereocenters. The quantitative estimate of drug-likeness (QED) is 0.780. The summed E-state index contributed by atoms with van der Waals surface area (Å²) in [6.45, 7) is 1.99. The van der Waals surface area contributed by atoms with Crippen molar-refractivity contribution in [3.63, 3.8) is 0 Å². The Morgan fingerprint density at radius 1 is 1.35 bits per heavy atom. The van der Waals surface area contributed by atoms with E-state index in [9.17, 15) is 13.2 Å². The number of rotatable bonds is 3. The zero-order chi connectivity index (χ0) is 12.5. The lowest BCUT2D eigenvalue weighted by molar-refractivity contribution is -0.137. The zero-order valence-electron chi connectivity index (χ0n) is 9.16. The van der Waals surface area contributed by atoms with E-state index in [-0.39, 0.29) is 0 Å². The molecule has 2 heterocycles. The van der Waals surface area contributed by atoms with Crippen molar-refractivity contribution in [3.05, 3.63) is 30.1 Å². The lowest BCUT2D eigenvalue weighted by atomic mass is 10.2. The highest BCUT2D eigenvalue weighted by Crippen LogP contribution is 2.33. The van der Waals surface area contributed by atoms with Gasteiger partial charge in [-0.1, -0.05) is 6.92 Å². The number of hydrogen-bond donors (Lipinski definition) is 0. The minimum absolute atomic E-state index is 0.332. The van der Waals surface area contributed by atoms with E-state index in [2.05, 4.69) is 4.98 Å². The van der Waals surface area contributed by atoms with Crippen molar-refractivity contribution >= 4 is 17.4 Å². The number of pyridine rings is 1. The van der Waals surface area contributed by atoms with Gasteiger partial charge in [-0.05, 0) is 24.3 Å². The summed E-state index contributed by atoms with van der Waals surface area (Å²) >= 11 is 1.41. The van der Waals surface area contributed by atoms with Gasteiger partial charge in [0.2, 0.25) is 0 Å². The Kier molecular flexibility index (Phi) is 3.33. The van der Waals surface area contributed by atoms with E-state index >= 15 is 0 Å². The van der Waals surface area contributed by atoms with Gasteiger partial charge in [-0.15, -0.1) is 11.8 Å². The van der Waals surface area contributed by atoms with Gasteiger partial charge in [0.05, 0.1) is 10.6 Å². The number of nitrogens with zero attached hydrogens (tertiary/aromatic N) is 2. The van der Waals surface area contributed by atoms with E-state index in [4.69, 9.17) is 0 Å². The molecule has 2 aromatic rings. The van der Waals surface area contributed by atoms with Gasteiger partial charge < -0.3 is 0 Å². The summed E-state index contributed by atoms with van der Waals surface area (Å²) in [5.41, 5.74) is -0.312. The summed E-state index contributed by atoms with van der Waals surface area (Å²) in [4.78, 5) is 3.91. The van der Waals surface area contributed by atoms with Crippen molar-refractivity contribution in [2.45, 2.75) is 24.5 Å². The first kappa shape index (κ1) is 12.3. The molecule has 2 aromatic heterocycles. The number of imidazole rings is 1. The van der Waals surface area contributed by atoms with Crippen molar-refractivity contribution in [1.82, 2.24) is 9.38 Å². The molecule has 2 nitrogen and oxygen atoms in total. The van der Waals surface area contributed by atoms with E-state index in [1.807, 2.05) is 6.92 Å². The maximum atomic E-state index is 12.7. The molecule has 0 aliphatic rings. The Morgan fingerprint density at radius 3 is 2.76 bits per heavy atom. The summed E-state index contributed by atoms with van der Waals surface area (Å²) in [6.07, 6.45) is -0.231. The fourth-order valence-electron chi connectivity index (χ4n) is 1.47. The SMILES string of the molecule is CCCSc1cc(C(F)(F)F)cc2nccn12. The van der Waals surface area contributed by atoms with Crippen LogP contribution in [0.15, 0.2) is 29.6 Å². The molecule has 92 valence electrons. The van der Waals surface area contributed by atoms with Crippen molar-refractivity contribution in [2.24, 2.45) is 0 Å². The maximum Gasteiger partial charge on any atom is 0.416 e. The molecule has 0 aliphatic heterocycles. The fraction of sp³-hybridized carbons (Fsp3) is 0.364. The van der Waals surface area contributed by atoms with E-state index < -0.39 is 11.7 Å². The number of hydrogen-bond acceptors (Lipinski definition) is 2. The molecule has 0 amide bonds. The molecule has 0 N–H and O–H groups in total. The second-order valence-corrected chi connectivity index (χ2v) is 4.70. The van der Waals surface area contributed by atoms with Crippen molar-refractivity contribution in [3.8, 4) is 0 Å². The molecular weight excluding hydrogens is 249 g/mol. The average Bonchev–Trinajstić information content (AvgIpc) is 2.72. The van der Waals surface area contributed by atoms with Crippen LogP contribution in [0.5, 0.6) is 0 Å². The van der Waals surface area contributed by atoms with Crippen molar-refractivity contribution < 1.29 is 13.2 Å². The smallest absolute Gasteiger partial charge is 0.294 e. The molecule has 0 fully saturated rings. The monoisotopic (exact) mass is 260 g/mol. The Morgan fingerprint density at radius 2 is 2.12 bits per heavy atom. The molecule has 17 heavy (non-hydrogen) atoms. The first-order chi connectivity index (χ1) is 8.02. The molecular formula is C11H11F3N2S. The number of fused-ring (bicyclic) bond motifs is 1. The molecule has 0 radical (unpaired) electrons. The largest absolute Gasteiger partial charge is 0.416 e. The summed E-state index contributed by atoms with van der Waals surface area (Å²) in [5.74, 6) is 0.786. The lowest BCUT2D eigenvalue weighted by Crippen LogP contribution is -2.06. The predicted octanol–water partition coefficient (Wildman–Crippen LogP) is 3.86. The Labute approximate surface area is 101 Å². The molecule has 0 bridgehead atoms. The molecule has 0 spiro atoms. The maximum absolute atomic E-state index is 12.7. The normalized spacial score (nSPS) is 12.2. The second kappa shape index (κ2) is 4.60.